The highest BCUT2D eigenvalue weighted by Crippen LogP contribution is 2.53. The van der Waals surface area contributed by atoms with Gasteiger partial charge in [0.25, 0.3) is 0 Å². The molecule has 2 unspecified atom stereocenters. The van der Waals surface area contributed by atoms with E-state index in [9.17, 15) is 19.2 Å². The smallest absolute Gasteiger partial charge is 0.344 e. The number of Topliss-reactive ketones (excluding diaryl/α,β-unsaturated/α-hetero) is 1. The third kappa shape index (κ3) is 9.01. The van der Waals surface area contributed by atoms with Crippen molar-refractivity contribution in [3.8, 4) is 23.0 Å². The van der Waals surface area contributed by atoms with Crippen molar-refractivity contribution in [2.24, 2.45) is 11.3 Å². The van der Waals surface area contributed by atoms with Crippen LogP contribution in [0.1, 0.15) is 126 Å². The van der Waals surface area contributed by atoms with Gasteiger partial charge in [-0.1, -0.05) is 102 Å². The number of hydrogen-bond acceptors (Lipinski definition) is 8. The standard InChI is InChI=1S/C49H50O8/c1-31-28-48(6,7)30-49(29-31,33-17-22-36(54-8)23-18-33)34-19-24-37(25-20-34)55-44(51)40-15-11-12-16-41(40)46(53)57-43-27-35(47(3,4)5)21-26-42(43)56-45(52)39-14-10-9-13-38(39)32(2)50/h9-27,31H,28-30H2,1-8H3. The van der Waals surface area contributed by atoms with Crippen LogP contribution < -0.4 is 18.9 Å². The number of hydrogen-bond donors (Lipinski definition) is 0. The number of carbonyl (C=O) groups is 4. The van der Waals surface area contributed by atoms with Crippen molar-refractivity contribution >= 4 is 23.7 Å². The van der Waals surface area contributed by atoms with Gasteiger partial charge in [-0.3, -0.25) is 4.79 Å². The topological polar surface area (TPSA) is 105 Å². The van der Waals surface area contributed by atoms with Crippen LogP contribution in [-0.2, 0) is 10.8 Å². The van der Waals surface area contributed by atoms with E-state index in [4.69, 9.17) is 18.9 Å². The maximum Gasteiger partial charge on any atom is 0.344 e. The molecule has 0 spiro atoms. The highest BCUT2D eigenvalue weighted by Gasteiger charge is 2.45. The predicted octanol–water partition coefficient (Wildman–Crippen LogP) is 11.0. The third-order valence-corrected chi connectivity index (χ3v) is 10.7. The lowest BCUT2D eigenvalue weighted by molar-refractivity contribution is 0.0670. The number of carbonyl (C=O) groups excluding carboxylic acids is 4. The van der Waals surface area contributed by atoms with Crippen LogP contribution in [0.4, 0.5) is 0 Å². The van der Waals surface area contributed by atoms with Gasteiger partial charge in [0.05, 0.1) is 23.8 Å². The minimum Gasteiger partial charge on any atom is -0.497 e. The number of benzene rings is 5. The summed E-state index contributed by atoms with van der Waals surface area (Å²) in [5.41, 5.74) is 2.93. The van der Waals surface area contributed by atoms with Crippen molar-refractivity contribution in [3.05, 3.63) is 154 Å². The van der Waals surface area contributed by atoms with Gasteiger partial charge in [-0.05, 0) is 114 Å². The molecule has 0 saturated heterocycles. The quantitative estimate of drug-likeness (QED) is 0.0786. The van der Waals surface area contributed by atoms with E-state index in [2.05, 4.69) is 32.9 Å². The molecule has 0 bridgehead atoms. The lowest BCUT2D eigenvalue weighted by Crippen LogP contribution is -2.41. The molecule has 1 aliphatic rings. The van der Waals surface area contributed by atoms with Crippen molar-refractivity contribution in [2.45, 2.75) is 78.6 Å². The van der Waals surface area contributed by atoms with E-state index in [1.165, 1.54) is 30.7 Å². The van der Waals surface area contributed by atoms with Crippen LogP contribution in [0.3, 0.4) is 0 Å². The largest absolute Gasteiger partial charge is 0.497 e. The molecule has 0 aliphatic heterocycles. The second kappa shape index (κ2) is 16.2. The maximum absolute atomic E-state index is 13.9. The number of rotatable bonds is 10. The molecule has 294 valence electrons. The van der Waals surface area contributed by atoms with Crippen LogP contribution >= 0.6 is 0 Å². The molecule has 57 heavy (non-hydrogen) atoms. The van der Waals surface area contributed by atoms with Crippen molar-refractivity contribution < 1.29 is 38.1 Å². The van der Waals surface area contributed by atoms with Gasteiger partial charge < -0.3 is 18.9 Å². The average Bonchev–Trinajstić information content (AvgIpc) is 3.17. The first-order valence-electron chi connectivity index (χ1n) is 19.2. The Kier molecular flexibility index (Phi) is 11.6. The second-order valence-electron chi connectivity index (χ2n) is 16.9. The second-order valence-corrected chi connectivity index (χ2v) is 16.9. The van der Waals surface area contributed by atoms with Gasteiger partial charge in [0, 0.05) is 11.0 Å². The summed E-state index contributed by atoms with van der Waals surface area (Å²) in [7, 11) is 1.67. The monoisotopic (exact) mass is 766 g/mol. The molecular formula is C49H50O8. The Balaban J connectivity index is 1.26. The van der Waals surface area contributed by atoms with Gasteiger partial charge in [0.1, 0.15) is 11.5 Å². The van der Waals surface area contributed by atoms with Crippen LogP contribution in [0.15, 0.2) is 115 Å². The molecule has 1 fully saturated rings. The van der Waals surface area contributed by atoms with Gasteiger partial charge in [-0.2, -0.15) is 0 Å². The molecular weight excluding hydrogens is 717 g/mol. The highest BCUT2D eigenvalue weighted by atomic mass is 16.6. The molecule has 1 saturated carbocycles. The van der Waals surface area contributed by atoms with E-state index in [1.807, 2.05) is 45.0 Å². The van der Waals surface area contributed by atoms with Crippen LogP contribution in [0.2, 0.25) is 0 Å². The molecule has 6 rings (SSSR count). The Morgan fingerprint density at radius 1 is 0.596 bits per heavy atom. The normalized spacial score (nSPS) is 17.6. The molecule has 0 aromatic heterocycles. The first-order chi connectivity index (χ1) is 27.0. The van der Waals surface area contributed by atoms with Crippen LogP contribution in [0.5, 0.6) is 23.0 Å². The fraction of sp³-hybridized carbons (Fsp3) is 0.306. The summed E-state index contributed by atoms with van der Waals surface area (Å²) in [4.78, 5) is 53.2. The summed E-state index contributed by atoms with van der Waals surface area (Å²) in [6, 6.07) is 33.5. The third-order valence-electron chi connectivity index (χ3n) is 10.7. The average molecular weight is 767 g/mol. The molecule has 5 aromatic rings. The Hall–Kier alpha value is -6.02. The minimum absolute atomic E-state index is 0.00467. The molecule has 8 heteroatoms. The number of ether oxygens (including phenoxy) is 4. The zero-order valence-corrected chi connectivity index (χ0v) is 33.9. The number of esters is 3. The SMILES string of the molecule is COc1ccc(C2(c3ccc(OC(=O)c4ccccc4C(=O)Oc4cc(C(C)(C)C)ccc4OC(=O)c4ccccc4C(C)=O)cc3)CC(C)CC(C)(C)C2)cc1. The number of ketones is 1. The van der Waals surface area contributed by atoms with Crippen LogP contribution in [0, 0.1) is 11.3 Å². The minimum atomic E-state index is -0.846. The molecule has 2 atom stereocenters. The summed E-state index contributed by atoms with van der Waals surface area (Å²) in [6.45, 7) is 14.3. The lowest BCUT2D eigenvalue weighted by Gasteiger charge is -2.48. The maximum atomic E-state index is 13.9. The summed E-state index contributed by atoms with van der Waals surface area (Å²) < 4.78 is 23.0. The van der Waals surface area contributed by atoms with Crippen molar-refractivity contribution in [3.63, 3.8) is 0 Å². The summed E-state index contributed by atoms with van der Waals surface area (Å²) >= 11 is 0. The molecule has 0 radical (unpaired) electrons. The van der Waals surface area contributed by atoms with Gasteiger partial charge in [0.2, 0.25) is 0 Å². The van der Waals surface area contributed by atoms with E-state index < -0.39 is 17.9 Å². The molecule has 0 amide bonds. The van der Waals surface area contributed by atoms with E-state index in [0.717, 1.165) is 36.1 Å². The predicted molar refractivity (Wildman–Crippen MR) is 220 cm³/mol. The zero-order chi connectivity index (χ0) is 41.1. The lowest BCUT2D eigenvalue weighted by atomic mass is 9.55. The summed E-state index contributed by atoms with van der Waals surface area (Å²) in [5, 5.41) is 0. The zero-order valence-electron chi connectivity index (χ0n) is 33.9. The van der Waals surface area contributed by atoms with Gasteiger partial charge in [-0.15, -0.1) is 0 Å². The highest BCUT2D eigenvalue weighted by molar-refractivity contribution is 6.06. The fourth-order valence-corrected chi connectivity index (χ4v) is 8.35. The van der Waals surface area contributed by atoms with Crippen LogP contribution in [0.25, 0.3) is 0 Å². The molecule has 1 aliphatic carbocycles. The molecule has 0 N–H and O–H groups in total. The van der Waals surface area contributed by atoms with Gasteiger partial charge >= 0.3 is 17.9 Å². The van der Waals surface area contributed by atoms with E-state index >= 15 is 0 Å². The van der Waals surface area contributed by atoms with Crippen LogP contribution in [-0.4, -0.2) is 30.8 Å². The molecule has 8 nitrogen and oxygen atoms in total. The first-order valence-corrected chi connectivity index (χ1v) is 19.2. The van der Waals surface area contributed by atoms with Gasteiger partial charge in [0.15, 0.2) is 17.3 Å². The van der Waals surface area contributed by atoms with Crippen molar-refractivity contribution in [1.82, 2.24) is 0 Å². The Morgan fingerprint density at radius 2 is 1.07 bits per heavy atom. The Morgan fingerprint density at radius 3 is 1.56 bits per heavy atom. The Labute approximate surface area is 335 Å². The molecule has 5 aromatic carbocycles. The van der Waals surface area contributed by atoms with E-state index in [-0.39, 0.29) is 55.8 Å². The molecule has 0 heterocycles. The van der Waals surface area contributed by atoms with Crippen molar-refractivity contribution in [1.29, 1.82) is 0 Å². The van der Waals surface area contributed by atoms with Gasteiger partial charge in [-0.25, -0.2) is 14.4 Å². The summed E-state index contributed by atoms with van der Waals surface area (Å²) in [6.07, 6.45) is 3.06. The Bertz CT molecular complexity index is 2300. The number of methoxy groups -OCH3 is 1. The van der Waals surface area contributed by atoms with E-state index in [1.54, 1.807) is 67.8 Å². The van der Waals surface area contributed by atoms with E-state index in [0.29, 0.717) is 11.7 Å². The summed E-state index contributed by atoms with van der Waals surface area (Å²) in [5.74, 6) is -1.08. The van der Waals surface area contributed by atoms with Crippen molar-refractivity contribution in [2.75, 3.05) is 7.11 Å². The first kappa shape index (κ1) is 40.6. The fourth-order valence-electron chi connectivity index (χ4n) is 8.35.